The Morgan fingerprint density at radius 2 is 1.74 bits per heavy atom. The SMILES string of the molecule is CC(C)C#Cc1csc2c(C(N)C(N)Cc3ccccc3)nc(-c3ccncc3)nc12. The number of nitrogens with two attached hydrogens (primary N) is 2. The van der Waals surface area contributed by atoms with Crippen LogP contribution in [0, 0.1) is 17.8 Å². The fourth-order valence-corrected chi connectivity index (χ4v) is 4.30. The third-order valence-corrected chi connectivity index (χ3v) is 5.96. The Morgan fingerprint density at radius 1 is 1.00 bits per heavy atom. The minimum Gasteiger partial charge on any atom is -0.326 e. The van der Waals surface area contributed by atoms with E-state index in [-0.39, 0.29) is 12.0 Å². The number of hydrogen-bond acceptors (Lipinski definition) is 6. The molecular weight excluding hydrogens is 402 g/mol. The van der Waals surface area contributed by atoms with Gasteiger partial charge in [-0.25, -0.2) is 9.97 Å². The predicted molar refractivity (Wildman–Crippen MR) is 127 cm³/mol. The molecule has 0 saturated carbocycles. The molecule has 3 aromatic heterocycles. The van der Waals surface area contributed by atoms with Crippen LogP contribution in [0.1, 0.15) is 36.7 Å². The summed E-state index contributed by atoms with van der Waals surface area (Å²) in [6, 6.07) is 13.2. The predicted octanol–water partition coefficient (Wildman–Crippen LogP) is 4.33. The minimum absolute atomic E-state index is 0.275. The molecule has 6 heteroatoms. The zero-order valence-electron chi connectivity index (χ0n) is 17.6. The molecule has 0 aliphatic rings. The summed E-state index contributed by atoms with van der Waals surface area (Å²) < 4.78 is 0.946. The van der Waals surface area contributed by atoms with E-state index in [0.29, 0.717) is 12.2 Å². The Bertz CT molecular complexity index is 1220. The second kappa shape index (κ2) is 9.36. The Kier molecular flexibility index (Phi) is 6.38. The quantitative estimate of drug-likeness (QED) is 0.463. The van der Waals surface area contributed by atoms with Gasteiger partial charge in [0.05, 0.1) is 22.0 Å². The minimum atomic E-state index is -0.434. The van der Waals surface area contributed by atoms with E-state index < -0.39 is 6.04 Å². The molecule has 4 aromatic rings. The van der Waals surface area contributed by atoms with Crippen LogP contribution in [-0.2, 0) is 6.42 Å². The first-order chi connectivity index (χ1) is 15.0. The van der Waals surface area contributed by atoms with Crippen molar-refractivity contribution in [2.45, 2.75) is 32.4 Å². The first-order valence-corrected chi connectivity index (χ1v) is 11.2. The molecule has 0 radical (unpaired) electrons. The molecule has 1 aromatic carbocycles. The van der Waals surface area contributed by atoms with Gasteiger partial charge in [0.2, 0.25) is 0 Å². The van der Waals surface area contributed by atoms with E-state index in [0.717, 1.165) is 32.6 Å². The van der Waals surface area contributed by atoms with Gasteiger partial charge in [-0.2, -0.15) is 0 Å². The summed E-state index contributed by atoms with van der Waals surface area (Å²) in [6.07, 6.45) is 4.14. The van der Waals surface area contributed by atoms with Crippen molar-refractivity contribution in [3.63, 3.8) is 0 Å². The van der Waals surface area contributed by atoms with Gasteiger partial charge in [0.1, 0.15) is 5.52 Å². The average Bonchev–Trinajstić information content (AvgIpc) is 3.21. The largest absolute Gasteiger partial charge is 0.326 e. The second-order valence-electron chi connectivity index (χ2n) is 7.80. The first kappa shape index (κ1) is 21.1. The van der Waals surface area contributed by atoms with Gasteiger partial charge >= 0.3 is 0 Å². The Morgan fingerprint density at radius 3 is 2.45 bits per heavy atom. The zero-order valence-corrected chi connectivity index (χ0v) is 18.4. The highest BCUT2D eigenvalue weighted by molar-refractivity contribution is 7.17. The molecule has 31 heavy (non-hydrogen) atoms. The maximum atomic E-state index is 6.67. The Labute approximate surface area is 186 Å². The van der Waals surface area contributed by atoms with E-state index in [1.165, 1.54) is 0 Å². The van der Waals surface area contributed by atoms with Gasteiger partial charge in [0.15, 0.2) is 5.82 Å². The zero-order chi connectivity index (χ0) is 21.8. The van der Waals surface area contributed by atoms with Gasteiger partial charge in [-0.1, -0.05) is 56.0 Å². The second-order valence-corrected chi connectivity index (χ2v) is 8.68. The molecule has 156 valence electrons. The van der Waals surface area contributed by atoms with Crippen LogP contribution in [0.3, 0.4) is 0 Å². The van der Waals surface area contributed by atoms with E-state index in [1.807, 2.05) is 35.7 Å². The van der Waals surface area contributed by atoms with Crippen LogP contribution in [0.15, 0.2) is 60.2 Å². The summed E-state index contributed by atoms with van der Waals surface area (Å²) in [4.78, 5) is 13.8. The van der Waals surface area contributed by atoms with Gasteiger partial charge in [0.25, 0.3) is 0 Å². The third kappa shape index (κ3) is 4.80. The Hall–Kier alpha value is -3.11. The average molecular weight is 428 g/mol. The van der Waals surface area contributed by atoms with Crippen LogP contribution in [0.25, 0.3) is 21.6 Å². The van der Waals surface area contributed by atoms with E-state index in [9.17, 15) is 0 Å². The van der Waals surface area contributed by atoms with Crippen LogP contribution in [0.2, 0.25) is 0 Å². The van der Waals surface area contributed by atoms with Crippen molar-refractivity contribution in [2.24, 2.45) is 17.4 Å². The maximum absolute atomic E-state index is 6.67. The fourth-order valence-electron chi connectivity index (χ4n) is 3.32. The number of fused-ring (bicyclic) bond motifs is 1. The summed E-state index contributed by atoms with van der Waals surface area (Å²) >= 11 is 1.57. The summed E-state index contributed by atoms with van der Waals surface area (Å²) in [5, 5.41) is 2.03. The van der Waals surface area contributed by atoms with Gasteiger partial charge in [-0.05, 0) is 24.1 Å². The van der Waals surface area contributed by atoms with E-state index in [4.69, 9.17) is 21.4 Å². The number of benzene rings is 1. The highest BCUT2D eigenvalue weighted by atomic mass is 32.1. The Balaban J connectivity index is 1.80. The lowest BCUT2D eigenvalue weighted by atomic mass is 9.98. The maximum Gasteiger partial charge on any atom is 0.160 e. The first-order valence-electron chi connectivity index (χ1n) is 10.3. The van der Waals surface area contributed by atoms with Crippen LogP contribution >= 0.6 is 11.3 Å². The van der Waals surface area contributed by atoms with Crippen LogP contribution in [0.5, 0.6) is 0 Å². The lowest BCUT2D eigenvalue weighted by Crippen LogP contribution is -2.36. The molecule has 4 rings (SSSR count). The smallest absolute Gasteiger partial charge is 0.160 e. The molecule has 3 heterocycles. The molecular formula is C25H25N5S. The highest BCUT2D eigenvalue weighted by Gasteiger charge is 2.23. The van der Waals surface area contributed by atoms with Crippen LogP contribution < -0.4 is 11.5 Å². The number of pyridine rings is 1. The number of hydrogen-bond donors (Lipinski definition) is 2. The van der Waals surface area contributed by atoms with E-state index >= 15 is 0 Å². The summed E-state index contributed by atoms with van der Waals surface area (Å²) in [5.41, 5.74) is 17.8. The van der Waals surface area contributed by atoms with Crippen molar-refractivity contribution in [1.82, 2.24) is 15.0 Å². The molecule has 0 amide bonds. The van der Waals surface area contributed by atoms with Crippen molar-refractivity contribution < 1.29 is 0 Å². The monoisotopic (exact) mass is 427 g/mol. The molecule has 0 bridgehead atoms. The van der Waals surface area contributed by atoms with Crippen LogP contribution in [-0.4, -0.2) is 21.0 Å². The van der Waals surface area contributed by atoms with Crippen molar-refractivity contribution in [3.8, 4) is 23.2 Å². The summed E-state index contributed by atoms with van der Waals surface area (Å²) in [6.45, 7) is 4.14. The highest BCUT2D eigenvalue weighted by Crippen LogP contribution is 2.32. The lowest BCUT2D eigenvalue weighted by molar-refractivity contribution is 0.537. The summed E-state index contributed by atoms with van der Waals surface area (Å²) in [5.74, 6) is 7.39. The van der Waals surface area contributed by atoms with Gasteiger partial charge in [0, 0.05) is 35.3 Å². The molecule has 5 nitrogen and oxygen atoms in total. The molecule has 0 spiro atoms. The topological polar surface area (TPSA) is 90.7 Å². The van der Waals surface area contributed by atoms with E-state index in [1.54, 1.807) is 23.7 Å². The van der Waals surface area contributed by atoms with Gasteiger partial charge < -0.3 is 11.5 Å². The van der Waals surface area contributed by atoms with Crippen molar-refractivity contribution in [3.05, 3.63) is 77.1 Å². The molecule has 0 fully saturated rings. The molecule has 4 N–H and O–H groups in total. The molecule has 0 saturated heterocycles. The van der Waals surface area contributed by atoms with E-state index in [2.05, 4.69) is 42.8 Å². The van der Waals surface area contributed by atoms with Crippen molar-refractivity contribution >= 4 is 21.6 Å². The molecule has 2 unspecified atom stereocenters. The van der Waals surface area contributed by atoms with Crippen molar-refractivity contribution in [1.29, 1.82) is 0 Å². The van der Waals surface area contributed by atoms with Gasteiger partial charge in [-0.15, -0.1) is 11.3 Å². The van der Waals surface area contributed by atoms with Crippen molar-refractivity contribution in [2.75, 3.05) is 0 Å². The number of thiophene rings is 1. The summed E-state index contributed by atoms with van der Waals surface area (Å²) in [7, 11) is 0. The number of rotatable bonds is 5. The number of aromatic nitrogens is 3. The van der Waals surface area contributed by atoms with Gasteiger partial charge in [-0.3, -0.25) is 4.98 Å². The molecule has 0 aliphatic heterocycles. The molecule has 0 aliphatic carbocycles. The normalized spacial score (nSPS) is 13.1. The third-order valence-electron chi connectivity index (χ3n) is 4.97. The van der Waals surface area contributed by atoms with Crippen LogP contribution in [0.4, 0.5) is 0 Å². The standard InChI is InChI=1S/C25H25N5S/c1-16(2)8-9-19-15-31-24-22(19)29-25(18-10-12-28-13-11-18)30-23(24)21(27)20(26)14-17-6-4-3-5-7-17/h3-7,10-13,15-16,20-21H,14,26-27H2,1-2H3. The number of nitrogens with zero attached hydrogens (tertiary/aromatic N) is 3. The molecule has 2 atom stereocenters. The fraction of sp³-hybridized carbons (Fsp3) is 0.240. The lowest BCUT2D eigenvalue weighted by Gasteiger charge is -2.20.